The molecular formula is C18H26N6O3. The number of nitrogens with one attached hydrogen (secondary N) is 1. The fourth-order valence-electron chi connectivity index (χ4n) is 3.73. The van der Waals surface area contributed by atoms with Gasteiger partial charge in [-0.2, -0.15) is 0 Å². The Morgan fingerprint density at radius 2 is 1.89 bits per heavy atom. The Morgan fingerprint density at radius 3 is 2.63 bits per heavy atom. The van der Waals surface area contributed by atoms with Crippen molar-refractivity contribution in [2.24, 2.45) is 17.8 Å². The fraction of sp³-hybridized carbons (Fsp3) is 0.722. The minimum Gasteiger partial charge on any atom is -0.378 e. The molecule has 4 rings (SSSR count). The number of hydrogen-bond donors (Lipinski definition) is 1. The molecule has 3 aliphatic rings. The quantitative estimate of drug-likeness (QED) is 0.711. The summed E-state index contributed by atoms with van der Waals surface area (Å²) in [5.74, 6) is 0.613. The van der Waals surface area contributed by atoms with Crippen LogP contribution in [0.5, 0.6) is 0 Å². The topological polar surface area (TPSA) is 102 Å². The minimum absolute atomic E-state index is 0.0568. The normalized spacial score (nSPS) is 25.4. The summed E-state index contributed by atoms with van der Waals surface area (Å²) in [6, 6.07) is 0. The van der Waals surface area contributed by atoms with Crippen LogP contribution in [-0.4, -0.2) is 63.2 Å². The van der Waals surface area contributed by atoms with E-state index in [1.165, 1.54) is 12.8 Å². The number of hydrogen-bond acceptors (Lipinski definition) is 6. The van der Waals surface area contributed by atoms with E-state index in [4.69, 9.17) is 4.74 Å². The van der Waals surface area contributed by atoms with Crippen molar-refractivity contribution in [2.45, 2.75) is 38.8 Å². The van der Waals surface area contributed by atoms with Crippen molar-refractivity contribution in [1.29, 1.82) is 0 Å². The van der Waals surface area contributed by atoms with E-state index in [1.807, 2.05) is 17.1 Å². The molecule has 2 aliphatic carbocycles. The van der Waals surface area contributed by atoms with Crippen molar-refractivity contribution in [3.05, 3.63) is 18.0 Å². The summed E-state index contributed by atoms with van der Waals surface area (Å²) < 4.78 is 7.10. The van der Waals surface area contributed by atoms with Gasteiger partial charge in [0.05, 0.1) is 31.6 Å². The summed E-state index contributed by atoms with van der Waals surface area (Å²) in [7, 11) is 0. The van der Waals surface area contributed by atoms with Gasteiger partial charge in [-0.25, -0.2) is 4.68 Å². The molecule has 1 aromatic heterocycles. The van der Waals surface area contributed by atoms with Gasteiger partial charge in [0.1, 0.15) is 0 Å². The van der Waals surface area contributed by atoms with Gasteiger partial charge < -0.3 is 15.0 Å². The highest BCUT2D eigenvalue weighted by Crippen LogP contribution is 2.30. The van der Waals surface area contributed by atoms with Crippen LogP contribution in [-0.2, 0) is 27.4 Å². The van der Waals surface area contributed by atoms with Crippen molar-refractivity contribution in [3.63, 3.8) is 0 Å². The molecule has 2 fully saturated rings. The summed E-state index contributed by atoms with van der Waals surface area (Å²) in [5, 5.41) is 14.7. The van der Waals surface area contributed by atoms with E-state index in [-0.39, 0.29) is 30.2 Å². The summed E-state index contributed by atoms with van der Waals surface area (Å²) in [5.41, 5.74) is 0. The molecule has 27 heavy (non-hydrogen) atoms. The molecule has 0 aromatic carbocycles. The third-order valence-corrected chi connectivity index (χ3v) is 5.56. The number of carbonyl (C=O) groups is 2. The minimum atomic E-state index is -0.349. The molecule has 1 aliphatic heterocycles. The lowest BCUT2D eigenvalue weighted by Gasteiger charge is -2.34. The highest BCUT2D eigenvalue weighted by molar-refractivity contribution is 5.88. The number of tetrazole rings is 1. The molecule has 2 atom stereocenters. The van der Waals surface area contributed by atoms with Crippen molar-refractivity contribution < 1.29 is 14.3 Å². The second kappa shape index (κ2) is 8.16. The third-order valence-electron chi connectivity index (χ3n) is 5.56. The van der Waals surface area contributed by atoms with Crippen LogP contribution in [0.15, 0.2) is 12.2 Å². The van der Waals surface area contributed by atoms with Crippen molar-refractivity contribution in [1.82, 2.24) is 30.4 Å². The van der Waals surface area contributed by atoms with Gasteiger partial charge >= 0.3 is 0 Å². The summed E-state index contributed by atoms with van der Waals surface area (Å²) in [4.78, 5) is 27.5. The lowest BCUT2D eigenvalue weighted by molar-refractivity contribution is -0.145. The Bertz CT molecular complexity index is 708. The molecule has 2 amide bonds. The first-order valence-electron chi connectivity index (χ1n) is 9.76. The first kappa shape index (κ1) is 18.1. The lowest BCUT2D eigenvalue weighted by Crippen LogP contribution is -2.48. The molecule has 146 valence electrons. The monoisotopic (exact) mass is 374 g/mol. The van der Waals surface area contributed by atoms with Gasteiger partial charge in [-0.15, -0.1) is 5.10 Å². The average molecular weight is 374 g/mol. The smallest absolute Gasteiger partial charge is 0.226 e. The van der Waals surface area contributed by atoms with Crippen LogP contribution in [0.2, 0.25) is 0 Å². The van der Waals surface area contributed by atoms with E-state index in [2.05, 4.69) is 20.8 Å². The van der Waals surface area contributed by atoms with Gasteiger partial charge in [-0.05, 0) is 42.0 Å². The fourth-order valence-corrected chi connectivity index (χ4v) is 3.73. The second-order valence-corrected chi connectivity index (χ2v) is 7.53. The van der Waals surface area contributed by atoms with E-state index < -0.39 is 0 Å². The number of carbonyl (C=O) groups excluding carboxylic acids is 2. The number of aromatic nitrogens is 4. The van der Waals surface area contributed by atoms with Gasteiger partial charge in [0.25, 0.3) is 0 Å². The predicted molar refractivity (Wildman–Crippen MR) is 95.1 cm³/mol. The third kappa shape index (κ3) is 4.35. The summed E-state index contributed by atoms with van der Waals surface area (Å²) in [6.07, 6.45) is 7.61. The Hall–Kier alpha value is -2.29. The maximum absolute atomic E-state index is 12.9. The van der Waals surface area contributed by atoms with E-state index >= 15 is 0 Å². The largest absolute Gasteiger partial charge is 0.378 e. The SMILES string of the molecule is O=C(NCc1nnnn1CC1CC1)C1CC=CCC1C(=O)N1CCOCC1. The highest BCUT2D eigenvalue weighted by Gasteiger charge is 2.36. The number of amides is 2. The standard InChI is InChI=1S/C18H26N6O3/c25-17(19-11-16-20-21-22-24(16)12-13-5-6-13)14-3-1-2-4-15(14)18(26)23-7-9-27-10-8-23/h1-2,13-15H,3-12H2,(H,19,25). The Morgan fingerprint density at radius 1 is 1.15 bits per heavy atom. The van der Waals surface area contributed by atoms with Crippen LogP contribution in [0, 0.1) is 17.8 Å². The van der Waals surface area contributed by atoms with Crippen LogP contribution >= 0.6 is 0 Å². The zero-order valence-corrected chi connectivity index (χ0v) is 15.4. The van der Waals surface area contributed by atoms with Crippen LogP contribution < -0.4 is 5.32 Å². The van der Waals surface area contributed by atoms with Gasteiger partial charge in [-0.3, -0.25) is 9.59 Å². The van der Waals surface area contributed by atoms with Gasteiger partial charge in [0.2, 0.25) is 11.8 Å². The second-order valence-electron chi connectivity index (χ2n) is 7.53. The molecule has 0 spiro atoms. The molecule has 1 saturated carbocycles. The summed E-state index contributed by atoms with van der Waals surface area (Å²) >= 11 is 0. The van der Waals surface area contributed by atoms with Crippen LogP contribution in [0.1, 0.15) is 31.5 Å². The molecule has 1 aromatic rings. The summed E-state index contributed by atoms with van der Waals surface area (Å²) in [6.45, 7) is 3.43. The van der Waals surface area contributed by atoms with Crippen LogP contribution in [0.3, 0.4) is 0 Å². The first-order valence-corrected chi connectivity index (χ1v) is 9.76. The lowest BCUT2D eigenvalue weighted by atomic mass is 9.81. The van der Waals surface area contributed by atoms with Crippen LogP contribution in [0.25, 0.3) is 0 Å². The molecule has 9 heteroatoms. The average Bonchev–Trinajstić information content (AvgIpc) is 3.43. The van der Waals surface area contributed by atoms with E-state index in [0.717, 1.165) is 6.54 Å². The van der Waals surface area contributed by atoms with E-state index in [0.29, 0.717) is 50.9 Å². The van der Waals surface area contributed by atoms with Crippen LogP contribution in [0.4, 0.5) is 0 Å². The van der Waals surface area contributed by atoms with Crippen molar-refractivity contribution >= 4 is 11.8 Å². The van der Waals surface area contributed by atoms with Gasteiger partial charge in [-0.1, -0.05) is 12.2 Å². The Balaban J connectivity index is 1.36. The molecule has 2 unspecified atom stereocenters. The van der Waals surface area contributed by atoms with Crippen molar-refractivity contribution in [3.8, 4) is 0 Å². The maximum atomic E-state index is 12.9. The number of rotatable bonds is 6. The molecular weight excluding hydrogens is 348 g/mol. The number of allylic oxidation sites excluding steroid dienone is 2. The van der Waals surface area contributed by atoms with Crippen molar-refractivity contribution in [2.75, 3.05) is 26.3 Å². The Labute approximate surface area is 158 Å². The zero-order chi connectivity index (χ0) is 18.6. The van der Waals surface area contributed by atoms with Gasteiger partial charge in [0.15, 0.2) is 5.82 Å². The Kier molecular flexibility index (Phi) is 5.47. The molecule has 2 heterocycles. The number of morpholine rings is 1. The molecule has 9 nitrogen and oxygen atoms in total. The van der Waals surface area contributed by atoms with E-state index in [1.54, 1.807) is 4.68 Å². The molecule has 0 bridgehead atoms. The molecule has 1 N–H and O–H groups in total. The highest BCUT2D eigenvalue weighted by atomic mass is 16.5. The maximum Gasteiger partial charge on any atom is 0.226 e. The predicted octanol–water partition coefficient (Wildman–Crippen LogP) is 0.140. The number of ether oxygens (including phenoxy) is 1. The number of nitrogens with zero attached hydrogens (tertiary/aromatic N) is 5. The molecule has 1 saturated heterocycles. The zero-order valence-electron chi connectivity index (χ0n) is 15.4. The van der Waals surface area contributed by atoms with Gasteiger partial charge in [0, 0.05) is 19.6 Å². The molecule has 0 radical (unpaired) electrons. The van der Waals surface area contributed by atoms with E-state index in [9.17, 15) is 9.59 Å². The first-order chi connectivity index (χ1) is 13.2.